The molecule has 4 rings (SSSR count). The Bertz CT molecular complexity index is 1050. The molecule has 0 aromatic heterocycles. The van der Waals surface area contributed by atoms with Crippen molar-refractivity contribution >= 4 is 39.1 Å². The Labute approximate surface area is 180 Å². The summed E-state index contributed by atoms with van der Waals surface area (Å²) in [5.41, 5.74) is 1.09. The van der Waals surface area contributed by atoms with Crippen molar-refractivity contribution in [2.24, 2.45) is 0 Å². The molecule has 1 atom stereocenters. The van der Waals surface area contributed by atoms with Crippen LogP contribution in [0.2, 0.25) is 5.02 Å². The molecule has 2 aliphatic heterocycles. The van der Waals surface area contributed by atoms with Crippen molar-refractivity contribution in [3.63, 3.8) is 0 Å². The molecule has 0 bridgehead atoms. The lowest BCUT2D eigenvalue weighted by Crippen LogP contribution is -2.37. The lowest BCUT2D eigenvalue weighted by molar-refractivity contribution is -0.117. The first-order valence-electron chi connectivity index (χ1n) is 9.81. The zero-order valence-electron chi connectivity index (χ0n) is 16.3. The number of rotatable bonds is 5. The highest BCUT2D eigenvalue weighted by Gasteiger charge is 2.32. The van der Waals surface area contributed by atoms with Crippen LogP contribution in [0.15, 0.2) is 53.4 Å². The molecule has 2 aliphatic rings. The molecule has 30 heavy (non-hydrogen) atoms. The second-order valence-corrected chi connectivity index (χ2v) is 9.87. The molecule has 7 nitrogen and oxygen atoms in total. The minimum atomic E-state index is -3.51. The fourth-order valence-electron chi connectivity index (χ4n) is 3.80. The predicted octanol–water partition coefficient (Wildman–Crippen LogP) is 2.66. The van der Waals surface area contributed by atoms with Gasteiger partial charge in [0.1, 0.15) is 0 Å². The second kappa shape index (κ2) is 8.37. The molecular formula is C21H22ClN3O4S. The number of benzene rings is 2. The maximum absolute atomic E-state index is 12.6. The number of amides is 2. The number of nitrogens with zero attached hydrogens (tertiary/aromatic N) is 2. The van der Waals surface area contributed by atoms with Gasteiger partial charge in [-0.25, -0.2) is 8.42 Å². The lowest BCUT2D eigenvalue weighted by atomic mass is 10.2. The van der Waals surface area contributed by atoms with Crippen molar-refractivity contribution in [1.29, 1.82) is 0 Å². The summed E-state index contributed by atoms with van der Waals surface area (Å²) in [5.74, 6) is -0.412. The molecule has 2 amide bonds. The summed E-state index contributed by atoms with van der Waals surface area (Å²) in [6, 6.07) is 12.6. The highest BCUT2D eigenvalue weighted by molar-refractivity contribution is 7.89. The van der Waals surface area contributed by atoms with E-state index in [-0.39, 0.29) is 29.2 Å². The van der Waals surface area contributed by atoms with Crippen LogP contribution >= 0.6 is 11.6 Å². The predicted molar refractivity (Wildman–Crippen MR) is 114 cm³/mol. The molecule has 2 aromatic rings. The van der Waals surface area contributed by atoms with E-state index in [9.17, 15) is 18.0 Å². The van der Waals surface area contributed by atoms with Crippen molar-refractivity contribution < 1.29 is 18.0 Å². The molecule has 0 saturated carbocycles. The van der Waals surface area contributed by atoms with Gasteiger partial charge in [-0.3, -0.25) is 9.59 Å². The molecule has 1 N–H and O–H groups in total. The maximum atomic E-state index is 12.6. The summed E-state index contributed by atoms with van der Waals surface area (Å²) in [4.78, 5) is 26.7. The summed E-state index contributed by atoms with van der Waals surface area (Å²) >= 11 is 5.90. The molecular weight excluding hydrogens is 426 g/mol. The highest BCUT2D eigenvalue weighted by atomic mass is 35.5. The number of hydrogen-bond donors (Lipinski definition) is 1. The fourth-order valence-corrected chi connectivity index (χ4v) is 5.44. The Kier molecular flexibility index (Phi) is 5.81. The van der Waals surface area contributed by atoms with Crippen molar-refractivity contribution in [2.45, 2.75) is 30.2 Å². The van der Waals surface area contributed by atoms with E-state index in [1.54, 1.807) is 29.2 Å². The number of carbonyl (C=O) groups is 2. The van der Waals surface area contributed by atoms with Crippen LogP contribution in [-0.4, -0.2) is 50.2 Å². The third-order valence-electron chi connectivity index (χ3n) is 5.42. The molecule has 158 valence electrons. The van der Waals surface area contributed by atoms with E-state index in [0.29, 0.717) is 30.2 Å². The lowest BCUT2D eigenvalue weighted by Gasteiger charge is -2.17. The van der Waals surface area contributed by atoms with Crippen LogP contribution in [0.25, 0.3) is 0 Å². The topological polar surface area (TPSA) is 86.8 Å². The van der Waals surface area contributed by atoms with Crippen LogP contribution in [-0.2, 0) is 14.8 Å². The van der Waals surface area contributed by atoms with E-state index in [1.807, 2.05) is 0 Å². The smallest absolute Gasteiger partial charge is 0.251 e. The highest BCUT2D eigenvalue weighted by Crippen LogP contribution is 2.24. The summed E-state index contributed by atoms with van der Waals surface area (Å²) < 4.78 is 26.7. The molecule has 9 heteroatoms. The Hall–Kier alpha value is -2.42. The maximum Gasteiger partial charge on any atom is 0.251 e. The number of sulfonamides is 1. The normalized spacial score (nSPS) is 20.0. The van der Waals surface area contributed by atoms with Gasteiger partial charge in [0.05, 0.1) is 10.9 Å². The van der Waals surface area contributed by atoms with E-state index < -0.39 is 10.0 Å². The third-order valence-corrected chi connectivity index (χ3v) is 7.58. The first kappa shape index (κ1) is 20.8. The van der Waals surface area contributed by atoms with Gasteiger partial charge in [0.15, 0.2) is 0 Å². The zero-order chi connectivity index (χ0) is 21.3. The van der Waals surface area contributed by atoms with Crippen LogP contribution in [0.5, 0.6) is 0 Å². The van der Waals surface area contributed by atoms with Gasteiger partial charge in [0.25, 0.3) is 5.91 Å². The minimum absolute atomic E-state index is 0.0744. The van der Waals surface area contributed by atoms with Gasteiger partial charge in [-0.1, -0.05) is 11.6 Å². The van der Waals surface area contributed by atoms with Crippen LogP contribution in [0, 0.1) is 0 Å². The SMILES string of the molecule is O=C(N[C@H]1CC(=O)N(c2ccc(Cl)cc2)C1)c1ccc(S(=O)(=O)N2CCCC2)cc1. The quantitative estimate of drug-likeness (QED) is 0.763. The Morgan fingerprint density at radius 3 is 2.27 bits per heavy atom. The molecule has 2 aromatic carbocycles. The number of halogens is 1. The largest absolute Gasteiger partial charge is 0.347 e. The first-order valence-corrected chi connectivity index (χ1v) is 11.6. The molecule has 2 fully saturated rings. The van der Waals surface area contributed by atoms with Gasteiger partial charge in [-0.2, -0.15) is 4.31 Å². The van der Waals surface area contributed by atoms with Gasteiger partial charge in [0.2, 0.25) is 15.9 Å². The number of anilines is 1. The van der Waals surface area contributed by atoms with E-state index in [2.05, 4.69) is 5.32 Å². The summed E-state index contributed by atoms with van der Waals surface area (Å²) in [6.45, 7) is 1.43. The summed E-state index contributed by atoms with van der Waals surface area (Å²) in [7, 11) is -3.51. The average Bonchev–Trinajstić information content (AvgIpc) is 3.39. The first-order chi connectivity index (χ1) is 14.3. The van der Waals surface area contributed by atoms with Crippen LogP contribution < -0.4 is 10.2 Å². The van der Waals surface area contributed by atoms with Crippen LogP contribution in [0.4, 0.5) is 5.69 Å². The van der Waals surface area contributed by atoms with Gasteiger partial charge in [-0.15, -0.1) is 0 Å². The van der Waals surface area contributed by atoms with Gasteiger partial charge in [0, 0.05) is 42.3 Å². The number of nitrogens with one attached hydrogen (secondary N) is 1. The zero-order valence-corrected chi connectivity index (χ0v) is 17.8. The number of carbonyl (C=O) groups excluding carboxylic acids is 2. The Morgan fingerprint density at radius 2 is 1.63 bits per heavy atom. The molecule has 0 spiro atoms. The third kappa shape index (κ3) is 4.21. The van der Waals surface area contributed by atoms with Gasteiger partial charge < -0.3 is 10.2 Å². The molecule has 2 heterocycles. The molecule has 2 saturated heterocycles. The van der Waals surface area contributed by atoms with E-state index in [4.69, 9.17) is 11.6 Å². The second-order valence-electron chi connectivity index (χ2n) is 7.49. The molecule has 0 aliphatic carbocycles. The molecule has 0 radical (unpaired) electrons. The summed E-state index contributed by atoms with van der Waals surface area (Å²) in [6.07, 6.45) is 1.94. The standard InChI is InChI=1S/C21H22ClN3O4S/c22-16-5-7-18(8-6-16)25-14-17(13-20(25)26)23-21(27)15-3-9-19(10-4-15)30(28,29)24-11-1-2-12-24/h3-10,17H,1-2,11-14H2,(H,23,27)/t17-/m0/s1. The van der Waals surface area contributed by atoms with E-state index in [1.165, 1.54) is 28.6 Å². The summed E-state index contributed by atoms with van der Waals surface area (Å²) in [5, 5.41) is 3.45. The van der Waals surface area contributed by atoms with Gasteiger partial charge >= 0.3 is 0 Å². The van der Waals surface area contributed by atoms with E-state index in [0.717, 1.165) is 18.5 Å². The van der Waals surface area contributed by atoms with Crippen molar-refractivity contribution in [3.05, 3.63) is 59.1 Å². The van der Waals surface area contributed by atoms with Gasteiger partial charge in [-0.05, 0) is 61.4 Å². The monoisotopic (exact) mass is 447 g/mol. The number of hydrogen-bond acceptors (Lipinski definition) is 4. The van der Waals surface area contributed by atoms with Crippen LogP contribution in [0.1, 0.15) is 29.6 Å². The Morgan fingerprint density at radius 1 is 1.00 bits per heavy atom. The minimum Gasteiger partial charge on any atom is -0.347 e. The molecule has 0 unspecified atom stereocenters. The fraction of sp³-hybridized carbons (Fsp3) is 0.333. The van der Waals surface area contributed by atoms with Crippen molar-refractivity contribution in [2.75, 3.05) is 24.5 Å². The van der Waals surface area contributed by atoms with Crippen LogP contribution in [0.3, 0.4) is 0 Å². The average molecular weight is 448 g/mol. The van der Waals surface area contributed by atoms with Crippen molar-refractivity contribution in [3.8, 4) is 0 Å². The Balaban J connectivity index is 1.40. The van der Waals surface area contributed by atoms with E-state index >= 15 is 0 Å². The van der Waals surface area contributed by atoms with Crippen molar-refractivity contribution in [1.82, 2.24) is 9.62 Å².